The number of hydrogen-bond acceptors (Lipinski definition) is 3. The molecule has 0 bridgehead atoms. The zero-order chi connectivity index (χ0) is 16.7. The van der Waals surface area contributed by atoms with Gasteiger partial charge in [-0.25, -0.2) is 0 Å². The van der Waals surface area contributed by atoms with E-state index in [1.54, 1.807) is 19.2 Å². The van der Waals surface area contributed by atoms with Crippen molar-refractivity contribution in [2.75, 3.05) is 19.0 Å². The van der Waals surface area contributed by atoms with Crippen LogP contribution in [0.15, 0.2) is 48.5 Å². The maximum atomic E-state index is 11.9. The second-order valence-electron chi connectivity index (χ2n) is 5.20. The van der Waals surface area contributed by atoms with E-state index in [2.05, 4.69) is 10.6 Å². The molecular formula is C18H20N2O3. The Balaban J connectivity index is 1.84. The van der Waals surface area contributed by atoms with Crippen LogP contribution in [0.25, 0.3) is 0 Å². The molecule has 0 aliphatic heterocycles. The third-order valence-electron chi connectivity index (χ3n) is 3.24. The van der Waals surface area contributed by atoms with E-state index >= 15 is 0 Å². The first-order chi connectivity index (χ1) is 11.1. The summed E-state index contributed by atoms with van der Waals surface area (Å²) in [5, 5.41) is 5.33. The standard InChI is InChI=1S/C18H20N2O3/c1-13-4-3-5-16(10-13)23-12-18(22)20-15-8-6-14(7-9-15)11-17(21)19-2/h3-10H,11-12H2,1-2H3,(H,19,21)(H,20,22). The van der Waals surface area contributed by atoms with Gasteiger partial charge in [-0.1, -0.05) is 24.3 Å². The van der Waals surface area contributed by atoms with Crippen LogP contribution in [0, 0.1) is 6.92 Å². The van der Waals surface area contributed by atoms with Crippen LogP contribution >= 0.6 is 0 Å². The Labute approximate surface area is 135 Å². The number of amides is 2. The molecule has 2 aromatic rings. The number of likely N-dealkylation sites (N-methyl/N-ethyl adjacent to an activating group) is 1. The second-order valence-corrected chi connectivity index (χ2v) is 5.20. The lowest BCUT2D eigenvalue weighted by atomic mass is 10.1. The summed E-state index contributed by atoms with van der Waals surface area (Å²) in [5.41, 5.74) is 2.64. The fourth-order valence-corrected chi connectivity index (χ4v) is 2.03. The highest BCUT2D eigenvalue weighted by atomic mass is 16.5. The van der Waals surface area contributed by atoms with Crippen LogP contribution in [0.3, 0.4) is 0 Å². The highest BCUT2D eigenvalue weighted by Gasteiger charge is 2.05. The smallest absolute Gasteiger partial charge is 0.262 e. The number of benzene rings is 2. The third-order valence-corrected chi connectivity index (χ3v) is 3.24. The van der Waals surface area contributed by atoms with Crippen molar-refractivity contribution in [1.29, 1.82) is 0 Å². The zero-order valence-electron chi connectivity index (χ0n) is 13.3. The molecule has 0 atom stereocenters. The molecular weight excluding hydrogens is 292 g/mol. The average Bonchev–Trinajstić information content (AvgIpc) is 2.55. The molecule has 0 saturated carbocycles. The number of carbonyl (C=O) groups is 2. The maximum Gasteiger partial charge on any atom is 0.262 e. The zero-order valence-corrected chi connectivity index (χ0v) is 13.3. The van der Waals surface area contributed by atoms with E-state index in [-0.39, 0.29) is 18.4 Å². The van der Waals surface area contributed by atoms with Gasteiger partial charge >= 0.3 is 0 Å². The van der Waals surface area contributed by atoms with Crippen molar-refractivity contribution in [3.05, 3.63) is 59.7 Å². The minimum Gasteiger partial charge on any atom is -0.484 e. The van der Waals surface area contributed by atoms with Gasteiger partial charge in [-0.15, -0.1) is 0 Å². The van der Waals surface area contributed by atoms with Crippen molar-refractivity contribution in [2.24, 2.45) is 0 Å². The summed E-state index contributed by atoms with van der Waals surface area (Å²) in [6, 6.07) is 14.7. The Hall–Kier alpha value is -2.82. The molecule has 2 aromatic carbocycles. The van der Waals surface area contributed by atoms with E-state index in [9.17, 15) is 9.59 Å². The molecule has 120 valence electrons. The molecule has 0 spiro atoms. The SMILES string of the molecule is CNC(=O)Cc1ccc(NC(=O)COc2cccc(C)c2)cc1. The summed E-state index contributed by atoms with van der Waals surface area (Å²) in [4.78, 5) is 23.2. The molecule has 0 aliphatic rings. The van der Waals surface area contributed by atoms with Crippen LogP contribution in [-0.4, -0.2) is 25.5 Å². The van der Waals surface area contributed by atoms with Crippen LogP contribution in [0.5, 0.6) is 5.75 Å². The summed E-state index contributed by atoms with van der Waals surface area (Å²) in [6.07, 6.45) is 0.321. The predicted molar refractivity (Wildman–Crippen MR) is 89.5 cm³/mol. The van der Waals surface area contributed by atoms with Gasteiger partial charge in [0.15, 0.2) is 6.61 Å². The monoisotopic (exact) mass is 312 g/mol. The van der Waals surface area contributed by atoms with Gasteiger partial charge in [-0.2, -0.15) is 0 Å². The summed E-state index contributed by atoms with van der Waals surface area (Å²) >= 11 is 0. The van der Waals surface area contributed by atoms with E-state index in [1.165, 1.54) is 0 Å². The summed E-state index contributed by atoms with van der Waals surface area (Å²) in [5.74, 6) is 0.389. The predicted octanol–water partition coefficient (Wildman–Crippen LogP) is 2.30. The Bertz CT molecular complexity index is 681. The Morgan fingerprint density at radius 3 is 2.43 bits per heavy atom. The van der Waals surface area contributed by atoms with Gasteiger partial charge < -0.3 is 15.4 Å². The normalized spacial score (nSPS) is 10.0. The molecule has 5 heteroatoms. The molecule has 0 heterocycles. The van der Waals surface area contributed by atoms with Crippen molar-refractivity contribution in [2.45, 2.75) is 13.3 Å². The molecule has 0 saturated heterocycles. The van der Waals surface area contributed by atoms with Gasteiger partial charge in [0.05, 0.1) is 6.42 Å². The Morgan fingerprint density at radius 2 is 1.78 bits per heavy atom. The average molecular weight is 312 g/mol. The van der Waals surface area contributed by atoms with Gasteiger partial charge in [0.1, 0.15) is 5.75 Å². The molecule has 23 heavy (non-hydrogen) atoms. The molecule has 2 amide bonds. The number of anilines is 1. The number of nitrogens with one attached hydrogen (secondary N) is 2. The van der Waals surface area contributed by atoms with Crippen LogP contribution < -0.4 is 15.4 Å². The Kier molecular flexibility index (Phi) is 5.74. The third kappa shape index (κ3) is 5.47. The highest BCUT2D eigenvalue weighted by Crippen LogP contribution is 2.13. The lowest BCUT2D eigenvalue weighted by molar-refractivity contribution is -0.120. The van der Waals surface area contributed by atoms with Gasteiger partial charge in [0.25, 0.3) is 5.91 Å². The number of hydrogen-bond donors (Lipinski definition) is 2. The van der Waals surface area contributed by atoms with Crippen molar-refractivity contribution in [1.82, 2.24) is 5.32 Å². The van der Waals surface area contributed by atoms with E-state index in [1.807, 2.05) is 43.3 Å². The van der Waals surface area contributed by atoms with Gasteiger partial charge in [0, 0.05) is 12.7 Å². The first kappa shape index (κ1) is 16.5. The molecule has 0 unspecified atom stereocenters. The fourth-order valence-electron chi connectivity index (χ4n) is 2.03. The summed E-state index contributed by atoms with van der Waals surface area (Å²) in [6.45, 7) is 1.91. The van der Waals surface area contributed by atoms with Crippen molar-refractivity contribution < 1.29 is 14.3 Å². The topological polar surface area (TPSA) is 67.4 Å². The number of ether oxygens (including phenoxy) is 1. The maximum absolute atomic E-state index is 11.9. The summed E-state index contributed by atoms with van der Waals surface area (Å²) in [7, 11) is 1.60. The van der Waals surface area contributed by atoms with E-state index in [4.69, 9.17) is 4.74 Å². The lowest BCUT2D eigenvalue weighted by Crippen LogP contribution is -2.21. The minimum absolute atomic E-state index is 0.0478. The molecule has 0 aromatic heterocycles. The van der Waals surface area contributed by atoms with E-state index < -0.39 is 0 Å². The second kappa shape index (κ2) is 7.98. The highest BCUT2D eigenvalue weighted by molar-refractivity contribution is 5.91. The summed E-state index contributed by atoms with van der Waals surface area (Å²) < 4.78 is 5.45. The van der Waals surface area contributed by atoms with Gasteiger partial charge in [-0.05, 0) is 42.3 Å². The molecule has 0 aliphatic carbocycles. The van der Waals surface area contributed by atoms with Crippen LogP contribution in [0.4, 0.5) is 5.69 Å². The van der Waals surface area contributed by atoms with Crippen LogP contribution in [-0.2, 0) is 16.0 Å². The number of carbonyl (C=O) groups excluding carboxylic acids is 2. The van der Waals surface area contributed by atoms with E-state index in [0.717, 1.165) is 11.1 Å². The Morgan fingerprint density at radius 1 is 1.04 bits per heavy atom. The number of aryl methyl sites for hydroxylation is 1. The molecule has 5 nitrogen and oxygen atoms in total. The molecule has 2 rings (SSSR count). The first-order valence-corrected chi connectivity index (χ1v) is 7.35. The van der Waals surface area contributed by atoms with Gasteiger partial charge in [0.2, 0.25) is 5.91 Å². The van der Waals surface area contributed by atoms with Gasteiger partial charge in [-0.3, -0.25) is 9.59 Å². The molecule has 2 N–H and O–H groups in total. The van der Waals surface area contributed by atoms with Crippen molar-refractivity contribution in [3.8, 4) is 5.75 Å². The lowest BCUT2D eigenvalue weighted by Gasteiger charge is -2.08. The van der Waals surface area contributed by atoms with E-state index in [0.29, 0.717) is 17.9 Å². The van der Waals surface area contributed by atoms with Crippen molar-refractivity contribution >= 4 is 17.5 Å². The molecule has 0 fully saturated rings. The van der Waals surface area contributed by atoms with Crippen LogP contribution in [0.2, 0.25) is 0 Å². The minimum atomic E-state index is -0.231. The largest absolute Gasteiger partial charge is 0.484 e. The number of rotatable bonds is 6. The molecule has 0 radical (unpaired) electrons. The fraction of sp³-hybridized carbons (Fsp3) is 0.222. The quantitative estimate of drug-likeness (QED) is 0.860. The first-order valence-electron chi connectivity index (χ1n) is 7.35. The van der Waals surface area contributed by atoms with Crippen LogP contribution in [0.1, 0.15) is 11.1 Å². The van der Waals surface area contributed by atoms with Crippen molar-refractivity contribution in [3.63, 3.8) is 0 Å².